The molecule has 1 aromatic rings. The van der Waals surface area contributed by atoms with Gasteiger partial charge in [0, 0.05) is 18.2 Å². The fourth-order valence-electron chi connectivity index (χ4n) is 2.87. The lowest BCUT2D eigenvalue weighted by Crippen LogP contribution is -2.35. The average molecular weight is 289 g/mol. The van der Waals surface area contributed by atoms with Crippen molar-refractivity contribution in [1.82, 2.24) is 10.2 Å². The third-order valence-corrected chi connectivity index (χ3v) is 4.16. The van der Waals surface area contributed by atoms with Crippen LogP contribution in [0.15, 0.2) is 24.3 Å². The molecule has 1 aliphatic carbocycles. The van der Waals surface area contributed by atoms with Crippen molar-refractivity contribution in [2.24, 2.45) is 5.92 Å². The molecule has 6 nitrogen and oxygen atoms in total. The molecule has 2 aliphatic rings. The van der Waals surface area contributed by atoms with Crippen molar-refractivity contribution in [3.05, 3.63) is 39.9 Å². The maximum absolute atomic E-state index is 12.5. The number of nitrogens with zero attached hydrogens (tertiary/aromatic N) is 2. The fourth-order valence-corrected chi connectivity index (χ4v) is 2.87. The maximum atomic E-state index is 12.5. The van der Waals surface area contributed by atoms with Crippen LogP contribution in [0, 0.1) is 16.0 Å². The Kier molecular flexibility index (Phi) is 3.41. The molecule has 1 aromatic carbocycles. The largest absolute Gasteiger partial charge is 0.319 e. The first kappa shape index (κ1) is 14.0. The third-order valence-electron chi connectivity index (χ3n) is 4.16. The molecule has 0 radical (unpaired) electrons. The molecule has 1 heterocycles. The molecule has 2 fully saturated rings. The van der Waals surface area contributed by atoms with Crippen LogP contribution in [0.4, 0.5) is 5.69 Å². The van der Waals surface area contributed by atoms with Crippen molar-refractivity contribution in [1.29, 1.82) is 0 Å². The number of rotatable bonds is 4. The van der Waals surface area contributed by atoms with Crippen LogP contribution in [0.25, 0.3) is 0 Å². The first-order valence-electron chi connectivity index (χ1n) is 7.31. The Morgan fingerprint density at radius 3 is 2.38 bits per heavy atom. The SMILES string of the molecule is CC(C)C1NC(c2ccc([N+](=O)[O-])cc2)N(C2CC2)C1=O. The van der Waals surface area contributed by atoms with E-state index in [1.165, 1.54) is 12.1 Å². The third kappa shape index (κ3) is 2.51. The second-order valence-corrected chi connectivity index (χ2v) is 6.12. The van der Waals surface area contributed by atoms with Gasteiger partial charge >= 0.3 is 0 Å². The predicted molar refractivity (Wildman–Crippen MR) is 77.5 cm³/mol. The van der Waals surface area contributed by atoms with E-state index < -0.39 is 4.92 Å². The van der Waals surface area contributed by atoms with E-state index in [1.807, 2.05) is 18.7 Å². The lowest BCUT2D eigenvalue weighted by atomic mass is 10.1. The van der Waals surface area contributed by atoms with E-state index >= 15 is 0 Å². The smallest absolute Gasteiger partial charge is 0.269 e. The van der Waals surface area contributed by atoms with Gasteiger partial charge in [0.25, 0.3) is 5.69 Å². The number of carbonyl (C=O) groups excluding carboxylic acids is 1. The number of non-ortho nitro benzene ring substituents is 1. The Morgan fingerprint density at radius 2 is 1.90 bits per heavy atom. The highest BCUT2D eigenvalue weighted by Crippen LogP contribution is 2.38. The maximum Gasteiger partial charge on any atom is 0.269 e. The molecular weight excluding hydrogens is 270 g/mol. The van der Waals surface area contributed by atoms with Gasteiger partial charge in [0.15, 0.2) is 0 Å². The van der Waals surface area contributed by atoms with Crippen LogP contribution in [-0.2, 0) is 4.79 Å². The van der Waals surface area contributed by atoms with Crippen LogP contribution in [0.2, 0.25) is 0 Å². The molecule has 3 rings (SSSR count). The molecule has 1 N–H and O–H groups in total. The highest BCUT2D eigenvalue weighted by molar-refractivity contribution is 5.85. The summed E-state index contributed by atoms with van der Waals surface area (Å²) in [5.41, 5.74) is 0.977. The van der Waals surface area contributed by atoms with Gasteiger partial charge in [-0.1, -0.05) is 13.8 Å². The summed E-state index contributed by atoms with van der Waals surface area (Å²) in [6, 6.07) is 6.60. The first-order chi connectivity index (χ1) is 9.99. The van der Waals surface area contributed by atoms with Gasteiger partial charge in [0.2, 0.25) is 5.91 Å². The minimum Gasteiger partial charge on any atom is -0.319 e. The Bertz CT molecular complexity index is 566. The normalized spacial score (nSPS) is 25.7. The molecule has 2 atom stereocenters. The molecule has 1 amide bonds. The molecule has 6 heteroatoms. The molecule has 1 saturated heterocycles. The summed E-state index contributed by atoms with van der Waals surface area (Å²) >= 11 is 0. The molecule has 1 saturated carbocycles. The van der Waals surface area contributed by atoms with E-state index in [1.54, 1.807) is 12.1 Å². The van der Waals surface area contributed by atoms with Crippen LogP contribution in [-0.4, -0.2) is 27.8 Å². The van der Waals surface area contributed by atoms with Crippen molar-refractivity contribution in [2.45, 2.75) is 44.9 Å². The quantitative estimate of drug-likeness (QED) is 0.681. The van der Waals surface area contributed by atoms with Crippen molar-refractivity contribution < 1.29 is 9.72 Å². The van der Waals surface area contributed by atoms with Gasteiger partial charge in [0.1, 0.15) is 6.17 Å². The van der Waals surface area contributed by atoms with Crippen LogP contribution in [0.1, 0.15) is 38.4 Å². The number of amides is 1. The zero-order chi connectivity index (χ0) is 15.1. The summed E-state index contributed by atoms with van der Waals surface area (Å²) in [6.45, 7) is 4.05. The van der Waals surface area contributed by atoms with Crippen LogP contribution < -0.4 is 5.32 Å². The molecule has 1 aliphatic heterocycles. The molecule has 0 bridgehead atoms. The van der Waals surface area contributed by atoms with Gasteiger partial charge in [-0.25, -0.2) is 0 Å². The van der Waals surface area contributed by atoms with Crippen molar-refractivity contribution >= 4 is 11.6 Å². The Balaban J connectivity index is 1.88. The van der Waals surface area contributed by atoms with E-state index in [9.17, 15) is 14.9 Å². The fraction of sp³-hybridized carbons (Fsp3) is 0.533. The Labute approximate surface area is 123 Å². The minimum atomic E-state index is -0.410. The topological polar surface area (TPSA) is 75.5 Å². The summed E-state index contributed by atoms with van der Waals surface area (Å²) in [4.78, 5) is 24.8. The summed E-state index contributed by atoms with van der Waals surface area (Å²) < 4.78 is 0. The highest BCUT2D eigenvalue weighted by atomic mass is 16.6. The van der Waals surface area contributed by atoms with Crippen LogP contribution in [0.3, 0.4) is 0 Å². The number of benzene rings is 1. The summed E-state index contributed by atoms with van der Waals surface area (Å²) in [7, 11) is 0. The van der Waals surface area contributed by atoms with Gasteiger partial charge < -0.3 is 4.90 Å². The van der Waals surface area contributed by atoms with Crippen molar-refractivity contribution in [3.63, 3.8) is 0 Å². The number of nitro groups is 1. The second-order valence-electron chi connectivity index (χ2n) is 6.12. The second kappa shape index (κ2) is 5.11. The minimum absolute atomic E-state index is 0.0708. The summed E-state index contributed by atoms with van der Waals surface area (Å²) in [5, 5.41) is 14.1. The highest BCUT2D eigenvalue weighted by Gasteiger charge is 2.47. The van der Waals surface area contributed by atoms with Gasteiger partial charge in [-0.05, 0) is 36.5 Å². The number of carbonyl (C=O) groups is 1. The zero-order valence-electron chi connectivity index (χ0n) is 12.2. The van der Waals surface area contributed by atoms with Gasteiger partial charge in [-0.2, -0.15) is 0 Å². The van der Waals surface area contributed by atoms with Crippen LogP contribution in [0.5, 0.6) is 0 Å². The van der Waals surface area contributed by atoms with Gasteiger partial charge in [0.05, 0.1) is 11.0 Å². The van der Waals surface area contributed by atoms with E-state index in [0.717, 1.165) is 18.4 Å². The predicted octanol–water partition coefficient (Wildman–Crippen LogP) is 2.21. The van der Waals surface area contributed by atoms with Gasteiger partial charge in [-0.3, -0.25) is 20.2 Å². The lowest BCUT2D eigenvalue weighted by molar-refractivity contribution is -0.384. The van der Waals surface area contributed by atoms with E-state index in [2.05, 4.69) is 5.32 Å². The van der Waals surface area contributed by atoms with Crippen molar-refractivity contribution in [3.8, 4) is 0 Å². The summed E-state index contributed by atoms with van der Waals surface area (Å²) in [6.07, 6.45) is 1.92. The van der Waals surface area contributed by atoms with Crippen LogP contribution >= 0.6 is 0 Å². The average Bonchev–Trinajstić information content (AvgIpc) is 3.22. The first-order valence-corrected chi connectivity index (χ1v) is 7.31. The van der Waals surface area contributed by atoms with E-state index in [-0.39, 0.29) is 29.7 Å². The standard InChI is InChI=1S/C15H19N3O3/c1-9(2)13-15(19)17(11-7-8-11)14(16-13)10-3-5-12(6-4-10)18(20)21/h3-6,9,11,13-14,16H,7-8H2,1-2H3. The summed E-state index contributed by atoms with van der Waals surface area (Å²) in [5.74, 6) is 0.373. The molecule has 2 unspecified atom stereocenters. The van der Waals surface area contributed by atoms with Crippen molar-refractivity contribution in [2.75, 3.05) is 0 Å². The van der Waals surface area contributed by atoms with Gasteiger partial charge in [-0.15, -0.1) is 0 Å². The molecule has 0 aromatic heterocycles. The molecule has 21 heavy (non-hydrogen) atoms. The lowest BCUT2D eigenvalue weighted by Gasteiger charge is -2.24. The number of nitro benzene ring substituents is 1. The molecule has 112 valence electrons. The number of nitrogens with one attached hydrogen (secondary N) is 1. The Morgan fingerprint density at radius 1 is 1.29 bits per heavy atom. The Hall–Kier alpha value is -1.95. The zero-order valence-corrected chi connectivity index (χ0v) is 12.2. The van der Waals surface area contributed by atoms with E-state index in [0.29, 0.717) is 6.04 Å². The monoisotopic (exact) mass is 289 g/mol. The number of hydrogen-bond donors (Lipinski definition) is 1. The van der Waals surface area contributed by atoms with E-state index in [4.69, 9.17) is 0 Å². The number of hydrogen-bond acceptors (Lipinski definition) is 4. The molecular formula is C15H19N3O3. The molecule has 0 spiro atoms.